The number of hydrogen-bond donors (Lipinski definition) is 2. The maximum Gasteiger partial charge on any atom is 0.416 e. The zero-order chi connectivity index (χ0) is 27.3. The van der Waals surface area contributed by atoms with E-state index in [4.69, 9.17) is 10.5 Å². The first-order chi connectivity index (χ1) is 17.1. The van der Waals surface area contributed by atoms with Crippen LogP contribution in [0.15, 0.2) is 42.5 Å². The SMILES string of the molecule is C[C@@H](O[C@H]1CCC([C@@H]2C[C@@](C)(N)C(=O)N2)[C@@H]1c1ccc(F)cc1)c1cc(C(F)(F)F)cc(C(F)(F)F)c1. The molecule has 0 bridgehead atoms. The van der Waals surface area contributed by atoms with E-state index in [-0.39, 0.29) is 29.5 Å². The molecular weight excluding hydrogens is 505 g/mol. The molecule has 2 aromatic rings. The topological polar surface area (TPSA) is 64.3 Å². The molecule has 1 aliphatic heterocycles. The molecule has 4 nitrogen and oxygen atoms in total. The van der Waals surface area contributed by atoms with Crippen molar-refractivity contribution in [1.29, 1.82) is 0 Å². The first-order valence-electron chi connectivity index (χ1n) is 11.9. The number of amides is 1. The molecule has 2 aliphatic rings. The van der Waals surface area contributed by atoms with Crippen molar-refractivity contribution in [2.75, 3.05) is 0 Å². The average Bonchev–Trinajstić information content (AvgIpc) is 3.32. The summed E-state index contributed by atoms with van der Waals surface area (Å²) in [5.74, 6) is -1.34. The maximum absolute atomic E-state index is 13.6. The monoisotopic (exact) mass is 532 g/mol. The van der Waals surface area contributed by atoms with Gasteiger partial charge < -0.3 is 15.8 Å². The van der Waals surface area contributed by atoms with Crippen molar-refractivity contribution in [3.8, 4) is 0 Å². The van der Waals surface area contributed by atoms with Crippen LogP contribution in [0.25, 0.3) is 0 Å². The molecule has 1 saturated carbocycles. The lowest BCUT2D eigenvalue weighted by Crippen LogP contribution is -2.43. The van der Waals surface area contributed by atoms with Crippen LogP contribution in [0, 0.1) is 11.7 Å². The van der Waals surface area contributed by atoms with E-state index in [9.17, 15) is 35.5 Å². The zero-order valence-corrected chi connectivity index (χ0v) is 20.1. The van der Waals surface area contributed by atoms with Gasteiger partial charge in [-0.1, -0.05) is 12.1 Å². The van der Waals surface area contributed by atoms with Gasteiger partial charge >= 0.3 is 12.4 Å². The van der Waals surface area contributed by atoms with Gasteiger partial charge in [-0.15, -0.1) is 0 Å². The minimum absolute atomic E-state index is 0.0791. The lowest BCUT2D eigenvalue weighted by Gasteiger charge is -2.31. The highest BCUT2D eigenvalue weighted by molar-refractivity contribution is 5.88. The Morgan fingerprint density at radius 1 is 1.00 bits per heavy atom. The Labute approximate surface area is 209 Å². The first kappa shape index (κ1) is 27.4. The molecule has 11 heteroatoms. The molecule has 1 amide bonds. The largest absolute Gasteiger partial charge is 0.416 e. The van der Waals surface area contributed by atoms with Gasteiger partial charge in [0.05, 0.1) is 28.9 Å². The Balaban J connectivity index is 1.65. The van der Waals surface area contributed by atoms with E-state index >= 15 is 0 Å². The molecule has 1 aliphatic carbocycles. The number of rotatable bonds is 5. The van der Waals surface area contributed by atoms with Crippen molar-refractivity contribution in [1.82, 2.24) is 5.32 Å². The van der Waals surface area contributed by atoms with Crippen LogP contribution in [-0.4, -0.2) is 23.6 Å². The standard InChI is InChI=1S/C26H27F7N2O2/c1-13(15-9-16(25(28,29)30)11-17(10-15)26(31,32)33)37-21-8-7-19(20-12-24(2,34)23(36)35-20)22(21)14-3-5-18(27)6-4-14/h3-6,9-11,13,19-22H,7-8,12,34H2,1-2H3,(H,35,36)/t13-,19?,20+,21+,22+,24-/m1/s1. The molecule has 0 radical (unpaired) electrons. The third-order valence-electron chi connectivity index (χ3n) is 7.36. The predicted octanol–water partition coefficient (Wildman–Crippen LogP) is 6.11. The fourth-order valence-electron chi connectivity index (χ4n) is 5.49. The quantitative estimate of drug-likeness (QED) is 0.457. The van der Waals surface area contributed by atoms with Crippen molar-refractivity contribution >= 4 is 5.91 Å². The summed E-state index contributed by atoms with van der Waals surface area (Å²) >= 11 is 0. The molecule has 1 saturated heterocycles. The summed E-state index contributed by atoms with van der Waals surface area (Å²) in [5, 5.41) is 2.91. The van der Waals surface area contributed by atoms with Crippen molar-refractivity contribution in [2.24, 2.45) is 11.7 Å². The summed E-state index contributed by atoms with van der Waals surface area (Å²) in [4.78, 5) is 12.3. The molecule has 37 heavy (non-hydrogen) atoms. The third-order valence-corrected chi connectivity index (χ3v) is 7.36. The minimum Gasteiger partial charge on any atom is -0.370 e. The second kappa shape index (κ2) is 9.58. The van der Waals surface area contributed by atoms with Gasteiger partial charge in [-0.25, -0.2) is 4.39 Å². The van der Waals surface area contributed by atoms with Gasteiger partial charge in [0, 0.05) is 12.0 Å². The summed E-state index contributed by atoms with van der Waals surface area (Å²) in [6, 6.07) is 6.78. The number of benzene rings is 2. The van der Waals surface area contributed by atoms with Crippen LogP contribution in [0.3, 0.4) is 0 Å². The highest BCUT2D eigenvalue weighted by Crippen LogP contribution is 2.47. The Bertz CT molecular complexity index is 1110. The number of nitrogens with two attached hydrogens (primary N) is 1. The van der Waals surface area contributed by atoms with Gasteiger partial charge in [0.2, 0.25) is 5.91 Å². The van der Waals surface area contributed by atoms with Crippen LogP contribution in [0.2, 0.25) is 0 Å². The van der Waals surface area contributed by atoms with E-state index in [2.05, 4.69) is 5.32 Å². The van der Waals surface area contributed by atoms with E-state index in [0.29, 0.717) is 37.0 Å². The summed E-state index contributed by atoms with van der Waals surface area (Å²) in [6.07, 6.45) is -10.3. The third kappa shape index (κ3) is 5.77. The molecule has 3 N–H and O–H groups in total. The van der Waals surface area contributed by atoms with Gasteiger partial charge in [-0.2, -0.15) is 26.3 Å². The second-order valence-electron chi connectivity index (χ2n) is 10.2. The van der Waals surface area contributed by atoms with Crippen LogP contribution >= 0.6 is 0 Å². The highest BCUT2D eigenvalue weighted by atomic mass is 19.4. The number of halogens is 7. The van der Waals surface area contributed by atoms with Gasteiger partial charge in [0.25, 0.3) is 0 Å². The van der Waals surface area contributed by atoms with Crippen molar-refractivity contribution in [2.45, 2.75) is 75.2 Å². The molecule has 202 valence electrons. The summed E-state index contributed by atoms with van der Waals surface area (Å²) in [7, 11) is 0. The zero-order valence-electron chi connectivity index (χ0n) is 20.1. The average molecular weight is 533 g/mol. The smallest absolute Gasteiger partial charge is 0.370 e. The predicted molar refractivity (Wildman–Crippen MR) is 121 cm³/mol. The fraction of sp³-hybridized carbons (Fsp3) is 0.500. The molecular formula is C26H27F7N2O2. The number of alkyl halides is 6. The van der Waals surface area contributed by atoms with Crippen molar-refractivity contribution in [3.05, 3.63) is 70.5 Å². The Morgan fingerprint density at radius 2 is 1.57 bits per heavy atom. The van der Waals surface area contributed by atoms with E-state index in [1.165, 1.54) is 19.1 Å². The number of nitrogens with one attached hydrogen (secondary N) is 1. The van der Waals surface area contributed by atoms with E-state index in [1.54, 1.807) is 19.1 Å². The summed E-state index contributed by atoms with van der Waals surface area (Å²) in [6.45, 7) is 3.02. The van der Waals surface area contributed by atoms with Crippen LogP contribution in [-0.2, 0) is 21.9 Å². The van der Waals surface area contributed by atoms with Crippen LogP contribution in [0.4, 0.5) is 30.7 Å². The minimum atomic E-state index is -4.97. The summed E-state index contributed by atoms with van der Waals surface area (Å²) in [5.41, 5.74) is 2.63. The van der Waals surface area contributed by atoms with Crippen molar-refractivity contribution < 1.29 is 40.3 Å². The number of carbonyl (C=O) groups is 1. The molecule has 0 spiro atoms. The molecule has 2 aromatic carbocycles. The van der Waals surface area contributed by atoms with Gasteiger partial charge in [0.15, 0.2) is 0 Å². The van der Waals surface area contributed by atoms with Gasteiger partial charge in [-0.3, -0.25) is 4.79 Å². The van der Waals surface area contributed by atoms with E-state index < -0.39 is 53.0 Å². The fourth-order valence-corrected chi connectivity index (χ4v) is 5.49. The summed E-state index contributed by atoms with van der Waals surface area (Å²) < 4.78 is 99.9. The molecule has 0 aromatic heterocycles. The molecule has 2 fully saturated rings. The lowest BCUT2D eigenvalue weighted by molar-refractivity contribution is -0.143. The molecule has 1 heterocycles. The van der Waals surface area contributed by atoms with Crippen LogP contribution in [0.1, 0.15) is 67.4 Å². The molecule has 6 atom stereocenters. The normalized spacial score (nSPS) is 29.4. The first-order valence-corrected chi connectivity index (χ1v) is 11.9. The van der Waals surface area contributed by atoms with E-state index in [1.807, 2.05) is 0 Å². The van der Waals surface area contributed by atoms with E-state index in [0.717, 1.165) is 0 Å². The number of carbonyl (C=O) groups excluding carboxylic acids is 1. The number of ether oxygens (including phenoxy) is 1. The Morgan fingerprint density at radius 3 is 2.05 bits per heavy atom. The highest BCUT2D eigenvalue weighted by Gasteiger charge is 2.49. The Kier molecular flexibility index (Phi) is 7.09. The Hall–Kier alpha value is -2.66. The van der Waals surface area contributed by atoms with Crippen LogP contribution < -0.4 is 11.1 Å². The molecule has 1 unspecified atom stereocenters. The second-order valence-corrected chi connectivity index (χ2v) is 10.2. The van der Waals surface area contributed by atoms with Gasteiger partial charge in [0.1, 0.15) is 5.82 Å². The lowest BCUT2D eigenvalue weighted by atomic mass is 9.81. The molecule has 4 rings (SSSR count). The van der Waals surface area contributed by atoms with Crippen molar-refractivity contribution in [3.63, 3.8) is 0 Å². The maximum atomic E-state index is 13.6. The number of hydrogen-bond acceptors (Lipinski definition) is 3. The van der Waals surface area contributed by atoms with Gasteiger partial charge in [-0.05, 0) is 80.5 Å². The van der Waals surface area contributed by atoms with Crippen LogP contribution in [0.5, 0.6) is 0 Å².